The van der Waals surface area contributed by atoms with Crippen molar-refractivity contribution in [3.63, 3.8) is 0 Å². The van der Waals surface area contributed by atoms with Crippen LogP contribution in [-0.2, 0) is 19.2 Å². The monoisotopic (exact) mass is 368 g/mol. The molecule has 0 saturated carbocycles. The van der Waals surface area contributed by atoms with Crippen LogP contribution in [0.15, 0.2) is 6.07 Å². The third-order valence-corrected chi connectivity index (χ3v) is 5.48. The molecule has 0 aliphatic carbocycles. The molecule has 0 bridgehead atoms. The molecule has 2 aromatic heterocycles. The highest BCUT2D eigenvalue weighted by Crippen LogP contribution is 2.41. The number of nitrogens with zero attached hydrogens (tertiary/aromatic N) is 3. The highest BCUT2D eigenvalue weighted by atomic mass is 32.2. The summed E-state index contributed by atoms with van der Waals surface area (Å²) in [5, 5.41) is 5.92. The molecule has 2 unspecified atom stereocenters. The minimum Gasteiger partial charge on any atom is -0.352 e. The van der Waals surface area contributed by atoms with Gasteiger partial charge in [-0.3, -0.25) is 4.18 Å². The lowest BCUT2D eigenvalue weighted by Crippen LogP contribution is -2.27. The van der Waals surface area contributed by atoms with E-state index >= 15 is 0 Å². The smallest absolute Gasteiger partial charge is 0.333 e. The second-order valence-electron chi connectivity index (χ2n) is 6.81. The van der Waals surface area contributed by atoms with Crippen molar-refractivity contribution in [2.75, 3.05) is 6.61 Å². The van der Waals surface area contributed by atoms with Crippen LogP contribution in [0.2, 0.25) is 0 Å². The van der Waals surface area contributed by atoms with Crippen LogP contribution in [0.25, 0.3) is 11.0 Å². The molecule has 0 amide bonds. The Morgan fingerprint density at radius 3 is 2.56 bits per heavy atom. The Balaban J connectivity index is 1.97. The molecule has 0 radical (unpaired) electrons. The molecule has 138 valence electrons. The first-order valence-electron chi connectivity index (χ1n) is 8.24. The molecule has 0 spiro atoms. The molecule has 3 heterocycles. The fourth-order valence-electron chi connectivity index (χ4n) is 3.50. The number of aromatic nitrogens is 3. The second kappa shape index (κ2) is 6.31. The second-order valence-corrected chi connectivity index (χ2v) is 8.03. The summed E-state index contributed by atoms with van der Waals surface area (Å²) in [4.78, 5) is 9.02. The fraction of sp³-hybridized carbons (Fsp3) is 0.625. The van der Waals surface area contributed by atoms with E-state index in [1.54, 1.807) is 0 Å². The maximum Gasteiger partial charge on any atom is 0.333 e. The number of ether oxygens (including phenoxy) is 1. The summed E-state index contributed by atoms with van der Waals surface area (Å²) in [7, 11) is -3.99. The van der Waals surface area contributed by atoms with Crippen molar-refractivity contribution in [3.8, 4) is 0 Å². The molecule has 1 fully saturated rings. The Kier molecular flexibility index (Phi) is 4.61. The zero-order valence-electron chi connectivity index (χ0n) is 15.1. The molecule has 0 aromatic carbocycles. The van der Waals surface area contributed by atoms with E-state index in [4.69, 9.17) is 14.1 Å². The normalized spacial score (nSPS) is 27.3. The summed E-state index contributed by atoms with van der Waals surface area (Å²) >= 11 is 0. The van der Waals surface area contributed by atoms with E-state index in [2.05, 4.69) is 27.5 Å². The minimum absolute atomic E-state index is 0.0911. The first kappa shape index (κ1) is 18.2. The number of hydrogen-bond acceptors (Lipinski definition) is 6. The average Bonchev–Trinajstić information content (AvgIpc) is 2.95. The number of nitrogens with two attached hydrogens (primary N) is 1. The number of fused-ring (bicyclic) bond motifs is 1. The zero-order chi connectivity index (χ0) is 18.5. The minimum atomic E-state index is -3.99. The Bertz CT molecular complexity index is 908. The number of hydrogen-bond donors (Lipinski definition) is 1. The summed E-state index contributed by atoms with van der Waals surface area (Å²) in [6, 6.07) is 2.05. The van der Waals surface area contributed by atoms with Crippen molar-refractivity contribution in [2.24, 2.45) is 17.0 Å². The van der Waals surface area contributed by atoms with Crippen LogP contribution in [0.5, 0.6) is 0 Å². The summed E-state index contributed by atoms with van der Waals surface area (Å²) in [5.74, 6) is 0.962. The molecule has 9 heteroatoms. The Hall–Kier alpha value is -1.55. The van der Waals surface area contributed by atoms with Crippen LogP contribution in [0.4, 0.5) is 0 Å². The lowest BCUT2D eigenvalue weighted by Gasteiger charge is -2.21. The SMILES string of the molecule is Cc1nc(C)c2cc(C)n([C@@H]3O[C@@H](COS(N)(=O)=O)C(C)C3C)c2n1. The maximum atomic E-state index is 11.1. The van der Waals surface area contributed by atoms with E-state index in [9.17, 15) is 8.42 Å². The van der Waals surface area contributed by atoms with Gasteiger partial charge in [0.15, 0.2) is 0 Å². The van der Waals surface area contributed by atoms with Crippen molar-refractivity contribution in [1.82, 2.24) is 14.5 Å². The van der Waals surface area contributed by atoms with Crippen molar-refractivity contribution >= 4 is 21.3 Å². The van der Waals surface area contributed by atoms with Gasteiger partial charge in [0.1, 0.15) is 17.7 Å². The molecule has 2 N–H and O–H groups in total. The van der Waals surface area contributed by atoms with Crippen molar-refractivity contribution in [3.05, 3.63) is 23.3 Å². The zero-order valence-corrected chi connectivity index (χ0v) is 15.9. The number of rotatable bonds is 4. The van der Waals surface area contributed by atoms with Gasteiger partial charge in [-0.2, -0.15) is 8.42 Å². The molecule has 8 nitrogen and oxygen atoms in total. The summed E-state index contributed by atoms with van der Waals surface area (Å²) < 4.78 is 35.1. The Morgan fingerprint density at radius 1 is 1.24 bits per heavy atom. The van der Waals surface area contributed by atoms with Gasteiger partial charge in [0.25, 0.3) is 0 Å². The van der Waals surface area contributed by atoms with Crippen LogP contribution in [0, 0.1) is 32.6 Å². The molecular weight excluding hydrogens is 344 g/mol. The Morgan fingerprint density at radius 2 is 1.92 bits per heavy atom. The van der Waals surface area contributed by atoms with Crippen LogP contribution in [0.1, 0.15) is 37.3 Å². The quantitative estimate of drug-likeness (QED) is 0.880. The van der Waals surface area contributed by atoms with E-state index in [0.29, 0.717) is 5.82 Å². The molecule has 25 heavy (non-hydrogen) atoms. The lowest BCUT2D eigenvalue weighted by atomic mass is 9.93. The fourth-order valence-corrected chi connectivity index (χ4v) is 3.82. The molecule has 4 atom stereocenters. The summed E-state index contributed by atoms with van der Waals surface area (Å²) in [6.45, 7) is 9.85. The average molecular weight is 368 g/mol. The van der Waals surface area contributed by atoms with Crippen molar-refractivity contribution in [1.29, 1.82) is 0 Å². The van der Waals surface area contributed by atoms with Gasteiger partial charge in [-0.15, -0.1) is 0 Å². The summed E-state index contributed by atoms with van der Waals surface area (Å²) in [6.07, 6.45) is -0.616. The van der Waals surface area contributed by atoms with Crippen LogP contribution in [-0.4, -0.2) is 35.7 Å². The van der Waals surface area contributed by atoms with Crippen LogP contribution in [0.3, 0.4) is 0 Å². The first-order chi connectivity index (χ1) is 11.6. The van der Waals surface area contributed by atoms with Gasteiger partial charge in [0.05, 0.1) is 18.4 Å². The predicted octanol–water partition coefficient (Wildman–Crippen LogP) is 1.75. The van der Waals surface area contributed by atoms with E-state index in [1.807, 2.05) is 27.7 Å². The molecule has 1 saturated heterocycles. The van der Waals surface area contributed by atoms with Gasteiger partial charge in [0.2, 0.25) is 0 Å². The largest absolute Gasteiger partial charge is 0.352 e. The van der Waals surface area contributed by atoms with Crippen LogP contribution >= 0.6 is 0 Å². The van der Waals surface area contributed by atoms with Gasteiger partial charge >= 0.3 is 10.3 Å². The molecule has 3 rings (SSSR count). The maximum absolute atomic E-state index is 11.1. The molecular formula is C16H24N4O4S. The summed E-state index contributed by atoms with van der Waals surface area (Å²) in [5.41, 5.74) is 2.78. The van der Waals surface area contributed by atoms with Gasteiger partial charge < -0.3 is 9.30 Å². The molecule has 1 aliphatic heterocycles. The van der Waals surface area contributed by atoms with E-state index in [0.717, 1.165) is 22.4 Å². The van der Waals surface area contributed by atoms with E-state index in [1.165, 1.54) is 0 Å². The first-order valence-corrected chi connectivity index (χ1v) is 9.71. The third kappa shape index (κ3) is 3.41. The van der Waals surface area contributed by atoms with Gasteiger partial charge in [-0.05, 0) is 32.8 Å². The van der Waals surface area contributed by atoms with Gasteiger partial charge in [-0.1, -0.05) is 13.8 Å². The highest BCUT2D eigenvalue weighted by Gasteiger charge is 2.41. The highest BCUT2D eigenvalue weighted by molar-refractivity contribution is 7.84. The Labute approximate surface area is 147 Å². The van der Waals surface area contributed by atoms with Crippen molar-refractivity contribution in [2.45, 2.75) is 47.0 Å². The lowest BCUT2D eigenvalue weighted by molar-refractivity contribution is -0.0288. The van der Waals surface area contributed by atoms with E-state index < -0.39 is 10.3 Å². The van der Waals surface area contributed by atoms with Gasteiger partial charge in [0, 0.05) is 17.0 Å². The third-order valence-electron chi connectivity index (χ3n) is 5.02. The molecule has 2 aromatic rings. The number of aryl methyl sites for hydroxylation is 3. The standard InChI is InChI=1S/C16H24N4O4S/c1-8-6-13-11(4)18-12(5)19-15(13)20(8)16-10(3)9(2)14(24-16)7-23-25(17,21)22/h6,9-10,14,16H,7H2,1-5H3,(H2,17,21,22)/t9?,10?,14-,16+/m0/s1. The predicted molar refractivity (Wildman–Crippen MR) is 93.0 cm³/mol. The van der Waals surface area contributed by atoms with Crippen LogP contribution < -0.4 is 5.14 Å². The van der Waals surface area contributed by atoms with Gasteiger partial charge in [-0.25, -0.2) is 15.1 Å². The topological polar surface area (TPSA) is 109 Å². The molecule has 1 aliphatic rings. The van der Waals surface area contributed by atoms with E-state index in [-0.39, 0.29) is 30.8 Å². The van der Waals surface area contributed by atoms with Crippen molar-refractivity contribution < 1.29 is 17.3 Å².